The Balaban J connectivity index is 1.36. The lowest BCUT2D eigenvalue weighted by Gasteiger charge is -2.26. The number of nitrogens with zero attached hydrogens (tertiary/aromatic N) is 1. The Bertz CT molecular complexity index is 1050. The first-order valence-corrected chi connectivity index (χ1v) is 9.56. The van der Waals surface area contributed by atoms with E-state index < -0.39 is 0 Å². The summed E-state index contributed by atoms with van der Waals surface area (Å²) in [5.74, 6) is -0.367. The normalized spacial score (nSPS) is 14.0. The zero-order valence-corrected chi connectivity index (χ0v) is 16.0. The molecule has 0 unspecified atom stereocenters. The lowest BCUT2D eigenvalue weighted by atomic mass is 9.99. The fourth-order valence-corrected chi connectivity index (χ4v) is 3.57. The maximum Gasteiger partial charge on any atom is 0.251 e. The molecule has 0 fully saturated rings. The molecule has 2 N–H and O–H groups in total. The van der Waals surface area contributed by atoms with Crippen molar-refractivity contribution < 1.29 is 9.59 Å². The minimum atomic E-state index is -0.281. The van der Waals surface area contributed by atoms with Gasteiger partial charge in [-0.15, -0.1) is 0 Å². The average molecular weight is 394 g/mol. The fraction of sp³-hybridized carbons (Fsp3) is 0.182. The van der Waals surface area contributed by atoms with Crippen LogP contribution in [-0.4, -0.2) is 41.3 Å². The smallest absolute Gasteiger partial charge is 0.251 e. The molecule has 1 aromatic heterocycles. The number of amides is 2. The van der Waals surface area contributed by atoms with Crippen LogP contribution in [-0.2, 0) is 4.79 Å². The van der Waals surface area contributed by atoms with Gasteiger partial charge in [-0.25, -0.2) is 0 Å². The van der Waals surface area contributed by atoms with Crippen molar-refractivity contribution in [3.63, 3.8) is 0 Å². The van der Waals surface area contributed by atoms with Crippen molar-refractivity contribution >= 4 is 39.9 Å². The van der Waals surface area contributed by atoms with E-state index in [9.17, 15) is 9.59 Å². The quantitative estimate of drug-likeness (QED) is 0.706. The Morgan fingerprint density at radius 3 is 2.64 bits per heavy atom. The highest BCUT2D eigenvalue weighted by molar-refractivity contribution is 6.30. The Hall–Kier alpha value is -3.05. The number of aromatic amines is 1. The second-order valence-electron chi connectivity index (χ2n) is 6.76. The van der Waals surface area contributed by atoms with E-state index in [1.54, 1.807) is 29.2 Å². The molecular formula is C22H20ClN3O2. The topological polar surface area (TPSA) is 65.2 Å². The highest BCUT2D eigenvalue weighted by Crippen LogP contribution is 2.29. The molecule has 0 aliphatic carbocycles. The predicted molar refractivity (Wildman–Crippen MR) is 111 cm³/mol. The third kappa shape index (κ3) is 3.80. The number of carbonyl (C=O) groups excluding carboxylic acids is 2. The van der Waals surface area contributed by atoms with Crippen molar-refractivity contribution in [2.45, 2.75) is 6.42 Å². The lowest BCUT2D eigenvalue weighted by Crippen LogP contribution is -2.42. The van der Waals surface area contributed by atoms with Crippen molar-refractivity contribution in [3.05, 3.63) is 77.0 Å². The molecule has 2 heterocycles. The molecule has 6 heteroatoms. The largest absolute Gasteiger partial charge is 0.361 e. The lowest BCUT2D eigenvalue weighted by molar-refractivity contribution is -0.129. The van der Waals surface area contributed by atoms with Crippen LogP contribution >= 0.6 is 11.6 Å². The van der Waals surface area contributed by atoms with Crippen LogP contribution in [0.2, 0.25) is 5.02 Å². The molecule has 2 aromatic carbocycles. The van der Waals surface area contributed by atoms with Gasteiger partial charge in [-0.3, -0.25) is 9.59 Å². The van der Waals surface area contributed by atoms with Gasteiger partial charge in [0.2, 0.25) is 5.91 Å². The number of hydrogen-bond donors (Lipinski definition) is 2. The average Bonchev–Trinajstić information content (AvgIpc) is 3.16. The van der Waals surface area contributed by atoms with Gasteiger partial charge in [0.15, 0.2) is 0 Å². The standard InChI is InChI=1S/C22H20ClN3O2/c23-17-7-5-16(6-8-17)22(28)25-14-21(27)26-11-9-15(10-12-26)19-13-24-20-4-2-1-3-18(19)20/h1-9,13,24H,10-12,14H2,(H,25,28). The molecule has 2 amide bonds. The van der Waals surface area contributed by atoms with Gasteiger partial charge in [-0.2, -0.15) is 0 Å². The molecule has 0 spiro atoms. The third-order valence-corrected chi connectivity index (χ3v) is 5.26. The molecule has 0 atom stereocenters. The Morgan fingerprint density at radius 2 is 1.89 bits per heavy atom. The highest BCUT2D eigenvalue weighted by atomic mass is 35.5. The predicted octanol–water partition coefficient (Wildman–Crippen LogP) is 3.87. The van der Waals surface area contributed by atoms with E-state index in [4.69, 9.17) is 11.6 Å². The number of H-pyrrole nitrogens is 1. The summed E-state index contributed by atoms with van der Waals surface area (Å²) in [6, 6.07) is 14.8. The number of fused-ring (bicyclic) bond motifs is 1. The number of nitrogens with one attached hydrogen (secondary N) is 2. The van der Waals surface area contributed by atoms with Crippen LogP contribution in [0.25, 0.3) is 16.5 Å². The molecule has 0 saturated carbocycles. The van der Waals surface area contributed by atoms with Crippen LogP contribution in [0.15, 0.2) is 60.8 Å². The number of benzene rings is 2. The number of rotatable bonds is 4. The van der Waals surface area contributed by atoms with Gasteiger partial charge in [0, 0.05) is 46.3 Å². The van der Waals surface area contributed by atoms with Crippen molar-refractivity contribution in [1.29, 1.82) is 0 Å². The molecule has 5 nitrogen and oxygen atoms in total. The number of carbonyl (C=O) groups is 2. The molecular weight excluding hydrogens is 374 g/mol. The maximum absolute atomic E-state index is 12.4. The second-order valence-corrected chi connectivity index (χ2v) is 7.19. The van der Waals surface area contributed by atoms with Crippen molar-refractivity contribution in [2.75, 3.05) is 19.6 Å². The molecule has 0 radical (unpaired) electrons. The Morgan fingerprint density at radius 1 is 1.11 bits per heavy atom. The Kier molecular flexibility index (Phi) is 5.17. The van der Waals surface area contributed by atoms with E-state index >= 15 is 0 Å². The zero-order valence-electron chi connectivity index (χ0n) is 15.2. The van der Waals surface area contributed by atoms with E-state index in [-0.39, 0.29) is 18.4 Å². The van der Waals surface area contributed by atoms with Crippen molar-refractivity contribution in [2.24, 2.45) is 0 Å². The molecule has 1 aliphatic heterocycles. The molecule has 28 heavy (non-hydrogen) atoms. The van der Waals surface area contributed by atoms with Gasteiger partial charge in [0.1, 0.15) is 0 Å². The van der Waals surface area contributed by atoms with Gasteiger partial charge in [0.25, 0.3) is 5.91 Å². The van der Waals surface area contributed by atoms with Crippen LogP contribution < -0.4 is 5.32 Å². The summed E-state index contributed by atoms with van der Waals surface area (Å²) < 4.78 is 0. The summed E-state index contributed by atoms with van der Waals surface area (Å²) >= 11 is 5.83. The first kappa shape index (κ1) is 18.3. The minimum absolute atomic E-state index is 0.0162. The van der Waals surface area contributed by atoms with Crippen molar-refractivity contribution in [1.82, 2.24) is 15.2 Å². The number of para-hydroxylation sites is 1. The van der Waals surface area contributed by atoms with E-state index in [2.05, 4.69) is 28.5 Å². The number of aromatic nitrogens is 1. The third-order valence-electron chi connectivity index (χ3n) is 5.00. The first-order chi connectivity index (χ1) is 13.6. The summed E-state index contributed by atoms with van der Waals surface area (Å²) in [7, 11) is 0. The summed E-state index contributed by atoms with van der Waals surface area (Å²) in [6.45, 7) is 1.17. The van der Waals surface area contributed by atoms with Crippen LogP contribution in [0.3, 0.4) is 0 Å². The second kappa shape index (κ2) is 7.90. The van der Waals surface area contributed by atoms with E-state index in [0.717, 1.165) is 11.9 Å². The molecule has 1 aliphatic rings. The molecule has 142 valence electrons. The van der Waals surface area contributed by atoms with E-state index in [0.29, 0.717) is 23.7 Å². The highest BCUT2D eigenvalue weighted by Gasteiger charge is 2.20. The van der Waals surface area contributed by atoms with Crippen LogP contribution in [0.5, 0.6) is 0 Å². The SMILES string of the molecule is O=C(NCC(=O)N1CC=C(c2c[nH]c3ccccc23)CC1)c1ccc(Cl)cc1. The Labute approximate surface area is 168 Å². The molecule has 4 rings (SSSR count). The number of hydrogen-bond acceptors (Lipinski definition) is 2. The first-order valence-electron chi connectivity index (χ1n) is 9.19. The van der Waals surface area contributed by atoms with Gasteiger partial charge in [-0.05, 0) is 42.3 Å². The molecule has 0 saturated heterocycles. The summed E-state index contributed by atoms with van der Waals surface area (Å²) in [4.78, 5) is 29.6. The van der Waals surface area contributed by atoms with E-state index in [1.807, 2.05) is 18.3 Å². The number of halogens is 1. The summed E-state index contributed by atoms with van der Waals surface area (Å²) in [5, 5.41) is 4.45. The molecule has 3 aromatic rings. The van der Waals surface area contributed by atoms with Crippen LogP contribution in [0, 0.1) is 0 Å². The van der Waals surface area contributed by atoms with Gasteiger partial charge in [0.05, 0.1) is 6.54 Å². The van der Waals surface area contributed by atoms with Gasteiger partial charge >= 0.3 is 0 Å². The van der Waals surface area contributed by atoms with Crippen LogP contribution in [0.4, 0.5) is 0 Å². The minimum Gasteiger partial charge on any atom is -0.361 e. The van der Waals surface area contributed by atoms with Gasteiger partial charge < -0.3 is 15.2 Å². The monoisotopic (exact) mass is 393 g/mol. The van der Waals surface area contributed by atoms with Crippen LogP contribution in [0.1, 0.15) is 22.3 Å². The van der Waals surface area contributed by atoms with Crippen molar-refractivity contribution in [3.8, 4) is 0 Å². The zero-order chi connectivity index (χ0) is 19.5. The van der Waals surface area contributed by atoms with E-state index in [1.165, 1.54) is 16.5 Å². The summed E-state index contributed by atoms with van der Waals surface area (Å²) in [5.41, 5.74) is 4.03. The van der Waals surface area contributed by atoms with Gasteiger partial charge in [-0.1, -0.05) is 35.9 Å². The summed E-state index contributed by atoms with van der Waals surface area (Å²) in [6.07, 6.45) is 4.91. The maximum atomic E-state index is 12.4. The molecule has 0 bridgehead atoms. The fourth-order valence-electron chi connectivity index (χ4n) is 3.45.